The van der Waals surface area contributed by atoms with E-state index in [1.807, 2.05) is 46.8 Å². The van der Waals surface area contributed by atoms with E-state index in [-0.39, 0.29) is 0 Å². The van der Waals surface area contributed by atoms with Crippen LogP contribution < -0.4 is 0 Å². The largest absolute Gasteiger partial charge is 0.228 e. The average molecular weight is 392 g/mol. The Bertz CT molecular complexity index is 1130. The summed E-state index contributed by atoms with van der Waals surface area (Å²) < 4.78 is 1.98. The van der Waals surface area contributed by atoms with E-state index >= 15 is 0 Å². The Morgan fingerprint density at radius 2 is 1.78 bits per heavy atom. The normalized spacial score (nSPS) is 13.7. The number of rotatable bonds is 2. The molecular weight excluding hydrogens is 374 g/mol. The second-order valence-electron chi connectivity index (χ2n) is 6.76. The lowest BCUT2D eigenvalue weighted by molar-refractivity contribution is 0.878. The molecule has 3 heterocycles. The number of hydrogen-bond donors (Lipinski definition) is 0. The Hall–Kier alpha value is -2.30. The van der Waals surface area contributed by atoms with E-state index in [9.17, 15) is 0 Å². The number of hydrogen-bond acceptors (Lipinski definition) is 3. The molecule has 3 nitrogen and oxygen atoms in total. The second kappa shape index (κ2) is 6.70. The van der Waals surface area contributed by atoms with E-state index in [0.29, 0.717) is 0 Å². The van der Waals surface area contributed by atoms with Crippen molar-refractivity contribution in [1.82, 2.24) is 14.8 Å². The molecule has 0 saturated heterocycles. The highest BCUT2D eigenvalue weighted by molar-refractivity contribution is 7.98. The topological polar surface area (TPSA) is 30.7 Å². The summed E-state index contributed by atoms with van der Waals surface area (Å²) >= 11 is 8.08. The van der Waals surface area contributed by atoms with Crippen molar-refractivity contribution in [3.05, 3.63) is 76.4 Å². The highest BCUT2D eigenvalue weighted by atomic mass is 35.5. The minimum Gasteiger partial charge on any atom is -0.228 e. The molecule has 134 valence electrons. The van der Waals surface area contributed by atoms with Crippen molar-refractivity contribution < 1.29 is 0 Å². The molecule has 27 heavy (non-hydrogen) atoms. The lowest BCUT2D eigenvalue weighted by Crippen LogP contribution is -2.08. The summed E-state index contributed by atoms with van der Waals surface area (Å²) in [6, 6.07) is 18.2. The number of fused-ring (bicyclic) bond motifs is 3. The molecular formula is C22H18ClN3S. The van der Waals surface area contributed by atoms with Crippen LogP contribution >= 0.6 is 23.4 Å². The SMILES string of the molecule is Cc1nn(-c2ccccc2)c2nc(-c3ccc(Cl)cc3)c3c(c12)CCSC3. The molecule has 2 aromatic heterocycles. The van der Waals surface area contributed by atoms with Gasteiger partial charge < -0.3 is 0 Å². The van der Waals surface area contributed by atoms with Crippen LogP contribution in [0.25, 0.3) is 28.0 Å². The van der Waals surface area contributed by atoms with Crippen molar-refractivity contribution in [1.29, 1.82) is 0 Å². The standard InChI is InChI=1S/C22H18ClN3S/c1-14-20-18-11-12-27-13-19(18)21(15-7-9-16(23)10-8-15)24-22(20)26(25-14)17-5-3-2-4-6-17/h2-10H,11-13H2,1H3. The number of thioether (sulfide) groups is 1. The number of halogens is 1. The van der Waals surface area contributed by atoms with Gasteiger partial charge in [-0.1, -0.05) is 41.9 Å². The molecule has 4 aromatic rings. The van der Waals surface area contributed by atoms with Crippen LogP contribution in [0, 0.1) is 6.92 Å². The maximum atomic E-state index is 6.11. The zero-order valence-electron chi connectivity index (χ0n) is 14.9. The molecule has 0 spiro atoms. The van der Waals surface area contributed by atoms with Crippen molar-refractivity contribution in [2.75, 3.05) is 5.75 Å². The van der Waals surface area contributed by atoms with Crippen molar-refractivity contribution in [2.24, 2.45) is 0 Å². The lowest BCUT2D eigenvalue weighted by Gasteiger charge is -2.20. The first-order valence-electron chi connectivity index (χ1n) is 9.02. The van der Waals surface area contributed by atoms with Crippen LogP contribution in [0.15, 0.2) is 54.6 Å². The van der Waals surface area contributed by atoms with E-state index in [4.69, 9.17) is 21.7 Å². The van der Waals surface area contributed by atoms with Crippen LogP contribution in [0.4, 0.5) is 0 Å². The first-order valence-corrected chi connectivity index (χ1v) is 10.6. The van der Waals surface area contributed by atoms with Crippen LogP contribution in [0.2, 0.25) is 5.02 Å². The molecule has 0 bridgehead atoms. The summed E-state index contributed by atoms with van der Waals surface area (Å²) in [7, 11) is 0. The summed E-state index contributed by atoms with van der Waals surface area (Å²) in [4.78, 5) is 5.13. The molecule has 0 N–H and O–H groups in total. The van der Waals surface area contributed by atoms with E-state index in [1.54, 1.807) is 0 Å². The van der Waals surface area contributed by atoms with Crippen molar-refractivity contribution >= 4 is 34.4 Å². The summed E-state index contributed by atoms with van der Waals surface area (Å²) in [6.45, 7) is 2.09. The van der Waals surface area contributed by atoms with Gasteiger partial charge in [0, 0.05) is 21.7 Å². The molecule has 1 aliphatic heterocycles. The predicted molar refractivity (Wildman–Crippen MR) is 114 cm³/mol. The maximum absolute atomic E-state index is 6.11. The minimum atomic E-state index is 0.744. The van der Waals surface area contributed by atoms with Gasteiger partial charge in [-0.05, 0) is 54.5 Å². The minimum absolute atomic E-state index is 0.744. The van der Waals surface area contributed by atoms with E-state index in [0.717, 1.165) is 51.2 Å². The number of para-hydroxylation sites is 1. The third-order valence-corrected chi connectivity index (χ3v) is 6.30. The fourth-order valence-electron chi connectivity index (χ4n) is 3.81. The summed E-state index contributed by atoms with van der Waals surface area (Å²) in [5, 5.41) is 6.80. The number of aryl methyl sites for hydroxylation is 2. The molecule has 1 aliphatic rings. The monoisotopic (exact) mass is 391 g/mol. The van der Waals surface area contributed by atoms with Gasteiger partial charge in [-0.15, -0.1) is 0 Å². The van der Waals surface area contributed by atoms with E-state index in [1.165, 1.54) is 16.5 Å². The summed E-state index contributed by atoms with van der Waals surface area (Å²) in [5.41, 5.74) is 7.94. The zero-order valence-corrected chi connectivity index (χ0v) is 16.5. The van der Waals surface area contributed by atoms with Crippen LogP contribution in [0.5, 0.6) is 0 Å². The Labute approximate surface area is 167 Å². The molecule has 2 aromatic carbocycles. The molecule has 0 aliphatic carbocycles. The number of pyridine rings is 1. The van der Waals surface area contributed by atoms with Gasteiger partial charge in [-0.2, -0.15) is 16.9 Å². The Morgan fingerprint density at radius 3 is 2.56 bits per heavy atom. The average Bonchev–Trinajstić information content (AvgIpc) is 3.05. The molecule has 5 rings (SSSR count). The Kier molecular flexibility index (Phi) is 4.18. The molecule has 0 fully saturated rings. The van der Waals surface area contributed by atoms with Gasteiger partial charge in [0.1, 0.15) is 0 Å². The first-order chi connectivity index (χ1) is 13.2. The van der Waals surface area contributed by atoms with Gasteiger partial charge in [0.25, 0.3) is 0 Å². The number of benzene rings is 2. The van der Waals surface area contributed by atoms with Crippen LogP contribution in [0.1, 0.15) is 16.8 Å². The lowest BCUT2D eigenvalue weighted by atomic mass is 9.97. The summed E-state index contributed by atoms with van der Waals surface area (Å²) in [5.74, 6) is 2.13. The third kappa shape index (κ3) is 2.84. The molecule has 0 atom stereocenters. The highest BCUT2D eigenvalue weighted by Crippen LogP contribution is 2.38. The first kappa shape index (κ1) is 16.8. The van der Waals surface area contributed by atoms with Gasteiger partial charge in [-0.25, -0.2) is 9.67 Å². The second-order valence-corrected chi connectivity index (χ2v) is 8.30. The molecule has 0 radical (unpaired) electrons. The summed E-state index contributed by atoms with van der Waals surface area (Å²) in [6.07, 6.45) is 1.06. The molecule has 0 amide bonds. The number of nitrogens with zero attached hydrogens (tertiary/aromatic N) is 3. The quantitative estimate of drug-likeness (QED) is 0.430. The zero-order chi connectivity index (χ0) is 18.4. The fourth-order valence-corrected chi connectivity index (χ4v) is 4.95. The fraction of sp³-hybridized carbons (Fsp3) is 0.182. The maximum Gasteiger partial charge on any atom is 0.164 e. The van der Waals surface area contributed by atoms with Gasteiger partial charge in [0.05, 0.1) is 17.1 Å². The van der Waals surface area contributed by atoms with E-state index < -0.39 is 0 Å². The van der Waals surface area contributed by atoms with Crippen molar-refractivity contribution in [3.63, 3.8) is 0 Å². The van der Waals surface area contributed by atoms with Crippen LogP contribution in [-0.2, 0) is 12.2 Å². The van der Waals surface area contributed by atoms with Gasteiger partial charge in [0.15, 0.2) is 5.65 Å². The Balaban J connectivity index is 1.84. The predicted octanol–water partition coefficient (Wildman–Crippen LogP) is 5.84. The molecule has 5 heteroatoms. The van der Waals surface area contributed by atoms with Crippen molar-refractivity contribution in [2.45, 2.75) is 19.1 Å². The van der Waals surface area contributed by atoms with Gasteiger partial charge in [-0.3, -0.25) is 0 Å². The number of aromatic nitrogens is 3. The van der Waals surface area contributed by atoms with Crippen LogP contribution in [0.3, 0.4) is 0 Å². The van der Waals surface area contributed by atoms with E-state index in [2.05, 4.69) is 31.2 Å². The molecule has 0 saturated carbocycles. The van der Waals surface area contributed by atoms with Crippen molar-refractivity contribution in [3.8, 4) is 16.9 Å². The third-order valence-electron chi connectivity index (χ3n) is 5.07. The molecule has 0 unspecified atom stereocenters. The van der Waals surface area contributed by atoms with Gasteiger partial charge in [0.2, 0.25) is 0 Å². The highest BCUT2D eigenvalue weighted by Gasteiger charge is 2.24. The van der Waals surface area contributed by atoms with Crippen LogP contribution in [-0.4, -0.2) is 20.5 Å². The Morgan fingerprint density at radius 1 is 1.00 bits per heavy atom. The smallest absolute Gasteiger partial charge is 0.164 e. The van der Waals surface area contributed by atoms with Gasteiger partial charge >= 0.3 is 0 Å².